The summed E-state index contributed by atoms with van der Waals surface area (Å²) < 4.78 is 46.9. The summed E-state index contributed by atoms with van der Waals surface area (Å²) in [6.07, 6.45) is 4.19. The van der Waals surface area contributed by atoms with Gasteiger partial charge in [-0.05, 0) is 61.9 Å². The van der Waals surface area contributed by atoms with Gasteiger partial charge in [0.2, 0.25) is 5.91 Å². The lowest BCUT2D eigenvalue weighted by atomic mass is 9.91. The molecule has 4 N–H and O–H groups in total. The number of hydrogen-bond acceptors (Lipinski definition) is 8. The largest absolute Gasteiger partial charge is 0.416 e. The normalized spacial score (nSPS) is 23.1. The molecular weight excluding hydrogens is 601 g/mol. The number of pyridine rings is 1. The first-order valence-electron chi connectivity index (χ1n) is 15.2. The fraction of sp³-hybridized carbons (Fsp3) is 0.406. The van der Waals surface area contributed by atoms with Crippen LogP contribution in [0.3, 0.4) is 0 Å². The smallest absolute Gasteiger partial charge is 0.383 e. The van der Waals surface area contributed by atoms with Crippen LogP contribution in [-0.4, -0.2) is 74.6 Å². The molecule has 0 atom stereocenters. The number of hydrogen-bond donors (Lipinski definition) is 3. The Morgan fingerprint density at radius 1 is 1.00 bits per heavy atom. The molecule has 4 aromatic rings. The molecule has 240 valence electrons. The van der Waals surface area contributed by atoms with Crippen molar-refractivity contribution in [3.05, 3.63) is 66.2 Å². The molecule has 7 rings (SSSR count). The number of alkyl halides is 3. The van der Waals surface area contributed by atoms with E-state index in [0.29, 0.717) is 36.6 Å². The predicted octanol–water partition coefficient (Wildman–Crippen LogP) is 4.21. The number of benzene rings is 1. The number of aromatic nitrogens is 4. The molecule has 1 aromatic carbocycles. The van der Waals surface area contributed by atoms with E-state index in [2.05, 4.69) is 35.1 Å². The van der Waals surface area contributed by atoms with Gasteiger partial charge in [-0.3, -0.25) is 14.5 Å². The highest BCUT2D eigenvalue weighted by Crippen LogP contribution is 2.56. The van der Waals surface area contributed by atoms with Crippen LogP contribution in [0.4, 0.5) is 24.8 Å². The van der Waals surface area contributed by atoms with Gasteiger partial charge in [0.25, 0.3) is 5.91 Å². The Morgan fingerprint density at radius 2 is 1.74 bits per heavy atom. The van der Waals surface area contributed by atoms with Gasteiger partial charge in [-0.25, -0.2) is 15.0 Å². The fourth-order valence-electron chi connectivity index (χ4n) is 7.30. The zero-order valence-corrected chi connectivity index (χ0v) is 24.9. The van der Waals surface area contributed by atoms with Crippen LogP contribution in [0.5, 0.6) is 0 Å². The third-order valence-electron chi connectivity index (χ3n) is 9.59. The quantitative estimate of drug-likeness (QED) is 0.275. The number of ether oxygens (including phenoxy) is 1. The highest BCUT2D eigenvalue weighted by molar-refractivity contribution is 6.05. The number of nitrogens with zero attached hydrogens (tertiary/aromatic N) is 5. The van der Waals surface area contributed by atoms with Gasteiger partial charge < -0.3 is 25.7 Å². The summed E-state index contributed by atoms with van der Waals surface area (Å²) in [5.74, 6) is -0.421. The number of rotatable bonds is 7. The molecule has 4 heterocycles. The molecule has 2 aliphatic carbocycles. The molecular formula is C32H33F3N8O3. The number of amides is 2. The number of nitrogens with one attached hydrogen (secondary N) is 2. The Morgan fingerprint density at radius 3 is 2.46 bits per heavy atom. The predicted molar refractivity (Wildman–Crippen MR) is 164 cm³/mol. The average Bonchev–Trinajstić information content (AvgIpc) is 3.72. The Labute approximate surface area is 262 Å². The minimum Gasteiger partial charge on any atom is -0.383 e. The van der Waals surface area contributed by atoms with Gasteiger partial charge in [0.05, 0.1) is 30.7 Å². The number of nitrogen functional groups attached to an aromatic ring is 1. The second-order valence-electron chi connectivity index (χ2n) is 12.4. The van der Waals surface area contributed by atoms with Crippen LogP contribution in [0.1, 0.15) is 48.0 Å². The number of morpholine rings is 1. The molecule has 2 bridgehead atoms. The van der Waals surface area contributed by atoms with E-state index in [9.17, 15) is 22.8 Å². The standard InChI is InChI=1S/C32H33F3N8O3/c33-32(34,35)22-5-10-37-24(15-22)40-29(45)21-3-1-20(2-4-21)23-16-43(28-26(23)27(36)38-19-39-28)31-8-6-30(18-31,7-9-31)41-25(44)17-42-11-13-46-14-12-42/h1-5,10,15-16,19H,6-9,11-14,17-18H2,(H,41,44)(H2,36,38,39)(H,37,40,45). The van der Waals surface area contributed by atoms with E-state index in [1.54, 1.807) is 24.3 Å². The maximum atomic E-state index is 13.1. The molecule has 2 saturated carbocycles. The molecule has 3 fully saturated rings. The van der Waals surface area contributed by atoms with Gasteiger partial charge >= 0.3 is 6.18 Å². The van der Waals surface area contributed by atoms with Crippen LogP contribution >= 0.6 is 0 Å². The van der Waals surface area contributed by atoms with E-state index >= 15 is 0 Å². The van der Waals surface area contributed by atoms with Crippen LogP contribution in [0, 0.1) is 0 Å². The molecule has 46 heavy (non-hydrogen) atoms. The van der Waals surface area contributed by atoms with Crippen LogP contribution in [-0.2, 0) is 21.2 Å². The lowest BCUT2D eigenvalue weighted by Gasteiger charge is -2.31. The number of nitrogens with two attached hydrogens (primary N) is 1. The lowest BCUT2D eigenvalue weighted by molar-refractivity contribution is -0.137. The van der Waals surface area contributed by atoms with E-state index < -0.39 is 17.6 Å². The van der Waals surface area contributed by atoms with Gasteiger partial charge in [0.1, 0.15) is 23.6 Å². The van der Waals surface area contributed by atoms with E-state index in [1.165, 1.54) is 6.33 Å². The van der Waals surface area contributed by atoms with Crippen molar-refractivity contribution < 1.29 is 27.5 Å². The second kappa shape index (κ2) is 11.4. The Bertz CT molecular complexity index is 1790. The van der Waals surface area contributed by atoms with Crippen molar-refractivity contribution in [1.29, 1.82) is 0 Å². The summed E-state index contributed by atoms with van der Waals surface area (Å²) in [6, 6.07) is 8.35. The number of anilines is 2. The van der Waals surface area contributed by atoms with E-state index in [4.69, 9.17) is 10.5 Å². The van der Waals surface area contributed by atoms with Crippen LogP contribution in [0.25, 0.3) is 22.2 Å². The topological polar surface area (TPSA) is 140 Å². The minimum absolute atomic E-state index is 0.0391. The van der Waals surface area contributed by atoms with Crippen molar-refractivity contribution in [2.45, 2.75) is 49.4 Å². The Kier molecular flexibility index (Phi) is 7.43. The molecule has 3 aliphatic rings. The molecule has 0 spiro atoms. The van der Waals surface area contributed by atoms with Gasteiger partial charge in [0.15, 0.2) is 0 Å². The molecule has 1 saturated heterocycles. The van der Waals surface area contributed by atoms with Crippen molar-refractivity contribution >= 4 is 34.5 Å². The molecule has 3 aromatic heterocycles. The molecule has 1 aliphatic heterocycles. The maximum Gasteiger partial charge on any atom is 0.416 e. The van der Waals surface area contributed by atoms with Crippen molar-refractivity contribution in [3.8, 4) is 11.1 Å². The monoisotopic (exact) mass is 634 g/mol. The van der Waals surface area contributed by atoms with Gasteiger partial charge in [0, 0.05) is 47.7 Å². The van der Waals surface area contributed by atoms with Gasteiger partial charge in [-0.1, -0.05) is 12.1 Å². The van der Waals surface area contributed by atoms with E-state index in [0.717, 1.165) is 74.7 Å². The SMILES string of the molecule is Nc1ncnc2c1c(-c1ccc(C(=O)Nc3cc(C(F)(F)F)ccn3)cc1)cn2C12CCC(NC(=O)CN3CCOCC3)(CC1)C2. The summed E-state index contributed by atoms with van der Waals surface area (Å²) in [7, 11) is 0. The van der Waals surface area contributed by atoms with Crippen molar-refractivity contribution in [1.82, 2.24) is 29.7 Å². The Balaban J connectivity index is 1.12. The van der Waals surface area contributed by atoms with Crippen LogP contribution in [0.15, 0.2) is 55.1 Å². The first-order valence-corrected chi connectivity index (χ1v) is 15.2. The zero-order chi connectivity index (χ0) is 32.1. The van der Waals surface area contributed by atoms with Crippen LogP contribution < -0.4 is 16.4 Å². The van der Waals surface area contributed by atoms with Crippen LogP contribution in [0.2, 0.25) is 0 Å². The molecule has 0 radical (unpaired) electrons. The van der Waals surface area contributed by atoms with Crippen molar-refractivity contribution in [2.75, 3.05) is 43.9 Å². The minimum atomic E-state index is -4.55. The first kappa shape index (κ1) is 30.1. The average molecular weight is 635 g/mol. The summed E-state index contributed by atoms with van der Waals surface area (Å²) in [4.78, 5) is 40.8. The number of carbonyl (C=O) groups is 2. The maximum absolute atomic E-state index is 13.1. The van der Waals surface area contributed by atoms with Gasteiger partial charge in [-0.15, -0.1) is 0 Å². The lowest BCUT2D eigenvalue weighted by Crippen LogP contribution is -2.50. The van der Waals surface area contributed by atoms with Crippen molar-refractivity contribution in [2.24, 2.45) is 0 Å². The van der Waals surface area contributed by atoms with E-state index in [1.807, 2.05) is 6.20 Å². The van der Waals surface area contributed by atoms with Gasteiger partial charge in [-0.2, -0.15) is 13.2 Å². The molecule has 11 nitrogen and oxygen atoms in total. The third-order valence-corrected chi connectivity index (χ3v) is 9.59. The van der Waals surface area contributed by atoms with Crippen molar-refractivity contribution in [3.63, 3.8) is 0 Å². The molecule has 14 heteroatoms. The summed E-state index contributed by atoms with van der Waals surface area (Å²) in [5.41, 5.74) is 7.51. The summed E-state index contributed by atoms with van der Waals surface area (Å²) >= 11 is 0. The molecule has 2 amide bonds. The number of halogens is 3. The molecule has 0 unspecified atom stereocenters. The number of fused-ring (bicyclic) bond motifs is 3. The van der Waals surface area contributed by atoms with E-state index in [-0.39, 0.29) is 28.4 Å². The summed E-state index contributed by atoms with van der Waals surface area (Å²) in [6.45, 7) is 3.15. The second-order valence-corrected chi connectivity index (χ2v) is 12.4. The highest BCUT2D eigenvalue weighted by Gasteiger charge is 2.56. The summed E-state index contributed by atoms with van der Waals surface area (Å²) in [5, 5.41) is 6.51. The zero-order valence-electron chi connectivity index (χ0n) is 24.9. The third kappa shape index (κ3) is 5.55. The fourth-order valence-corrected chi connectivity index (χ4v) is 7.30. The number of carbonyl (C=O) groups excluding carboxylic acids is 2. The highest BCUT2D eigenvalue weighted by atomic mass is 19.4. The first-order chi connectivity index (χ1) is 22.0. The Hall–Kier alpha value is -4.56.